The second-order valence-electron chi connectivity index (χ2n) is 3.99. The highest BCUT2D eigenvalue weighted by atomic mass is 127. The quantitative estimate of drug-likeness (QED) is 0.625. The molecule has 0 spiro atoms. The molecule has 0 aliphatic rings. The Morgan fingerprint density at radius 3 is 2.58 bits per heavy atom. The summed E-state index contributed by atoms with van der Waals surface area (Å²) in [4.78, 5) is 12.2. The molecule has 0 heterocycles. The minimum Gasteiger partial charge on any atom is -0.322 e. The molecule has 0 unspecified atom stereocenters. The Kier molecular flexibility index (Phi) is 4.77. The van der Waals surface area contributed by atoms with Crippen LogP contribution in [0.25, 0.3) is 0 Å². The number of halogens is 3. The first kappa shape index (κ1) is 14.7. The Hall–Kier alpha value is -0.700. The summed E-state index contributed by atoms with van der Waals surface area (Å²) in [6.45, 7) is 1.95. The first-order valence-corrected chi connectivity index (χ1v) is 7.66. The van der Waals surface area contributed by atoms with Gasteiger partial charge in [-0.3, -0.25) is 4.79 Å². The zero-order valence-corrected chi connectivity index (χ0v) is 14.3. The maximum Gasteiger partial charge on any atom is 0.256 e. The predicted molar refractivity (Wildman–Crippen MR) is 91.0 cm³/mol. The molecule has 0 aromatic heterocycles. The molecule has 2 rings (SSSR count). The van der Waals surface area contributed by atoms with Crippen molar-refractivity contribution in [2.45, 2.75) is 6.92 Å². The fraction of sp³-hybridized carbons (Fsp3) is 0.0714. The van der Waals surface area contributed by atoms with E-state index < -0.39 is 0 Å². The van der Waals surface area contributed by atoms with E-state index in [2.05, 4.69) is 27.9 Å². The first-order chi connectivity index (χ1) is 8.99. The summed E-state index contributed by atoms with van der Waals surface area (Å²) in [6.07, 6.45) is 0. The van der Waals surface area contributed by atoms with Gasteiger partial charge in [0.05, 0.1) is 5.56 Å². The highest BCUT2D eigenvalue weighted by molar-refractivity contribution is 14.1. The number of carbonyl (C=O) groups is 1. The fourth-order valence-electron chi connectivity index (χ4n) is 1.61. The van der Waals surface area contributed by atoms with Crippen molar-refractivity contribution in [1.82, 2.24) is 0 Å². The second kappa shape index (κ2) is 6.17. The number of anilines is 1. The fourth-order valence-corrected chi connectivity index (χ4v) is 2.83. The molecule has 19 heavy (non-hydrogen) atoms. The molecule has 0 fully saturated rings. The van der Waals surface area contributed by atoms with Crippen LogP contribution in [0.3, 0.4) is 0 Å². The zero-order chi connectivity index (χ0) is 14.0. The highest BCUT2D eigenvalue weighted by Gasteiger charge is 2.12. The smallest absolute Gasteiger partial charge is 0.256 e. The van der Waals surface area contributed by atoms with Crippen LogP contribution in [0, 0.1) is 19.9 Å². The molecule has 98 valence electrons. The van der Waals surface area contributed by atoms with E-state index in [1.54, 1.807) is 0 Å². The zero-order valence-electron chi connectivity index (χ0n) is 10.0. The molecule has 5 heteroatoms. The molecule has 2 aromatic rings. The van der Waals surface area contributed by atoms with E-state index in [0.29, 0.717) is 9.13 Å². The van der Waals surface area contributed by atoms with Crippen LogP contribution < -0.4 is 5.32 Å². The van der Waals surface area contributed by atoms with E-state index in [1.165, 1.54) is 18.2 Å². The average Bonchev–Trinajstić information content (AvgIpc) is 2.34. The molecule has 0 aliphatic carbocycles. The van der Waals surface area contributed by atoms with Crippen molar-refractivity contribution < 1.29 is 9.18 Å². The number of rotatable bonds is 2. The van der Waals surface area contributed by atoms with E-state index in [-0.39, 0.29) is 11.7 Å². The maximum absolute atomic E-state index is 13.0. The predicted octanol–water partition coefficient (Wildman–Crippen LogP) is 4.60. The average molecular weight is 481 g/mol. The van der Waals surface area contributed by atoms with Crippen LogP contribution in [0.4, 0.5) is 10.1 Å². The molecular weight excluding hydrogens is 471 g/mol. The van der Waals surface area contributed by atoms with Crippen molar-refractivity contribution >= 4 is 56.8 Å². The van der Waals surface area contributed by atoms with E-state index in [0.717, 1.165) is 14.8 Å². The second-order valence-corrected chi connectivity index (χ2v) is 6.32. The lowest BCUT2D eigenvalue weighted by Gasteiger charge is -2.10. The minimum absolute atomic E-state index is 0.227. The Morgan fingerprint density at radius 2 is 1.89 bits per heavy atom. The molecule has 1 N–H and O–H groups in total. The molecule has 0 saturated heterocycles. The van der Waals surface area contributed by atoms with Gasteiger partial charge in [0.15, 0.2) is 0 Å². The molecule has 0 bridgehead atoms. The van der Waals surface area contributed by atoms with E-state index in [1.807, 2.05) is 47.7 Å². The highest BCUT2D eigenvalue weighted by Crippen LogP contribution is 2.22. The molecule has 0 radical (unpaired) electrons. The van der Waals surface area contributed by atoms with Crippen LogP contribution >= 0.6 is 45.2 Å². The molecule has 0 saturated carbocycles. The van der Waals surface area contributed by atoms with Gasteiger partial charge in [-0.1, -0.05) is 6.07 Å². The summed E-state index contributed by atoms with van der Waals surface area (Å²) in [7, 11) is 0. The van der Waals surface area contributed by atoms with Crippen LogP contribution in [-0.2, 0) is 0 Å². The summed E-state index contributed by atoms with van der Waals surface area (Å²) in [5.74, 6) is -0.569. The molecule has 1 amide bonds. The normalized spacial score (nSPS) is 10.3. The van der Waals surface area contributed by atoms with Crippen LogP contribution in [-0.4, -0.2) is 5.91 Å². The Morgan fingerprint density at radius 1 is 1.16 bits per heavy atom. The van der Waals surface area contributed by atoms with Crippen molar-refractivity contribution in [3.05, 3.63) is 60.5 Å². The Labute approximate surface area is 138 Å². The first-order valence-electron chi connectivity index (χ1n) is 5.50. The van der Waals surface area contributed by atoms with Gasteiger partial charge < -0.3 is 5.32 Å². The van der Waals surface area contributed by atoms with Crippen molar-refractivity contribution in [3.8, 4) is 0 Å². The number of amides is 1. The van der Waals surface area contributed by atoms with E-state index >= 15 is 0 Å². The van der Waals surface area contributed by atoms with Gasteiger partial charge in [-0.2, -0.15) is 0 Å². The van der Waals surface area contributed by atoms with Gasteiger partial charge in [-0.25, -0.2) is 4.39 Å². The number of hydrogen-bond acceptors (Lipinski definition) is 1. The van der Waals surface area contributed by atoms with Gasteiger partial charge in [0.2, 0.25) is 0 Å². The van der Waals surface area contributed by atoms with Crippen LogP contribution in [0.1, 0.15) is 15.9 Å². The number of nitrogens with one attached hydrogen (secondary N) is 1. The largest absolute Gasteiger partial charge is 0.322 e. The lowest BCUT2D eigenvalue weighted by molar-refractivity contribution is 0.102. The summed E-state index contributed by atoms with van der Waals surface area (Å²) in [5.41, 5.74) is 2.27. The van der Waals surface area contributed by atoms with Gasteiger partial charge in [-0.05, 0) is 88.0 Å². The van der Waals surface area contributed by atoms with Gasteiger partial charge in [0, 0.05) is 12.8 Å². The lowest BCUT2D eigenvalue weighted by atomic mass is 10.1. The van der Waals surface area contributed by atoms with Crippen molar-refractivity contribution in [2.24, 2.45) is 0 Å². The molecule has 2 nitrogen and oxygen atoms in total. The van der Waals surface area contributed by atoms with Crippen molar-refractivity contribution in [3.63, 3.8) is 0 Å². The summed E-state index contributed by atoms with van der Waals surface area (Å²) < 4.78 is 14.7. The summed E-state index contributed by atoms with van der Waals surface area (Å²) in [5, 5.41) is 2.86. The third kappa shape index (κ3) is 3.44. The van der Waals surface area contributed by atoms with Crippen molar-refractivity contribution in [1.29, 1.82) is 0 Å². The monoisotopic (exact) mass is 481 g/mol. The van der Waals surface area contributed by atoms with E-state index in [4.69, 9.17) is 0 Å². The molecule has 0 atom stereocenters. The topological polar surface area (TPSA) is 29.1 Å². The van der Waals surface area contributed by atoms with E-state index in [9.17, 15) is 9.18 Å². The Bertz CT molecular complexity index is 643. The molecular formula is C14H10FI2NO. The van der Waals surface area contributed by atoms with Gasteiger partial charge >= 0.3 is 0 Å². The van der Waals surface area contributed by atoms with Gasteiger partial charge in [0.1, 0.15) is 5.82 Å². The molecule has 0 aliphatic heterocycles. The molecule has 2 aromatic carbocycles. The minimum atomic E-state index is -0.341. The van der Waals surface area contributed by atoms with Crippen molar-refractivity contribution in [2.75, 3.05) is 5.32 Å². The number of benzene rings is 2. The standard InChI is InChI=1S/C14H10FI2NO/c1-8-11(16)3-2-4-13(8)18-14(19)10-6-5-9(15)7-12(10)17/h2-7H,1H3,(H,18,19). The lowest BCUT2D eigenvalue weighted by Crippen LogP contribution is -2.14. The van der Waals surface area contributed by atoms with Gasteiger partial charge in [-0.15, -0.1) is 0 Å². The third-order valence-electron chi connectivity index (χ3n) is 2.69. The van der Waals surface area contributed by atoms with Gasteiger partial charge in [0.25, 0.3) is 5.91 Å². The SMILES string of the molecule is Cc1c(I)cccc1NC(=O)c1ccc(F)cc1I. The summed E-state index contributed by atoms with van der Waals surface area (Å²) >= 11 is 4.18. The van der Waals surface area contributed by atoms with Crippen LogP contribution in [0.2, 0.25) is 0 Å². The van der Waals surface area contributed by atoms with Crippen LogP contribution in [0.15, 0.2) is 36.4 Å². The third-order valence-corrected chi connectivity index (χ3v) is 4.75. The number of hydrogen-bond donors (Lipinski definition) is 1. The maximum atomic E-state index is 13.0. The van der Waals surface area contributed by atoms with Crippen LogP contribution in [0.5, 0.6) is 0 Å². The summed E-state index contributed by atoms with van der Waals surface area (Å²) in [6, 6.07) is 9.85. The Balaban J connectivity index is 2.28. The number of carbonyl (C=O) groups excluding carboxylic acids is 1.